The van der Waals surface area contributed by atoms with Crippen LogP contribution in [0.4, 0.5) is 0 Å². The third-order valence-electron chi connectivity index (χ3n) is 1.79. The molecule has 0 atom stereocenters. The number of nitrogens with one attached hydrogen (secondary N) is 1. The second-order valence-corrected chi connectivity index (χ2v) is 3.64. The first-order valence-electron chi connectivity index (χ1n) is 3.48. The zero-order valence-corrected chi connectivity index (χ0v) is 8.29. The summed E-state index contributed by atoms with van der Waals surface area (Å²) in [5.74, 6) is 0. The molecule has 0 bridgehead atoms. The van der Waals surface area contributed by atoms with Crippen molar-refractivity contribution in [2.75, 3.05) is 0 Å². The van der Waals surface area contributed by atoms with Gasteiger partial charge in [-0.15, -0.1) is 0 Å². The summed E-state index contributed by atoms with van der Waals surface area (Å²) in [7, 11) is 0. The second kappa shape index (κ2) is 2.79. The number of fused-ring (bicyclic) bond motifs is 1. The van der Waals surface area contributed by atoms with E-state index < -0.39 is 0 Å². The van der Waals surface area contributed by atoms with Crippen molar-refractivity contribution in [3.8, 4) is 6.07 Å². The normalized spacial score (nSPS) is 10.0. The maximum atomic E-state index is 8.77. The number of hydrogen-bond donors (Lipinski definition) is 1. The Balaban J connectivity index is 2.92. The van der Waals surface area contributed by atoms with Gasteiger partial charge in [-0.05, 0) is 28.7 Å². The Morgan fingerprint density at radius 2 is 2.25 bits per heavy atom. The smallest absolute Gasteiger partial charge is 0.101 e. The van der Waals surface area contributed by atoms with E-state index in [0.29, 0.717) is 5.56 Å². The van der Waals surface area contributed by atoms with Crippen LogP contribution < -0.4 is 0 Å². The van der Waals surface area contributed by atoms with Gasteiger partial charge in [-0.3, -0.25) is 0 Å². The topological polar surface area (TPSA) is 39.6 Å². The summed E-state index contributed by atoms with van der Waals surface area (Å²) in [6.07, 6.45) is 1.91. The number of aromatic amines is 1. The lowest BCUT2D eigenvalue weighted by atomic mass is 10.2. The highest BCUT2D eigenvalue weighted by atomic mass is 127. The van der Waals surface area contributed by atoms with Gasteiger partial charge in [-0.1, -0.05) is 12.1 Å². The molecule has 0 spiro atoms. The van der Waals surface area contributed by atoms with Crippen LogP contribution in [-0.2, 0) is 0 Å². The van der Waals surface area contributed by atoms with Gasteiger partial charge in [0, 0.05) is 15.2 Å². The highest BCUT2D eigenvalue weighted by Gasteiger charge is 2.03. The fraction of sp³-hybridized carbons (Fsp3) is 0. The Bertz CT molecular complexity index is 465. The Labute approximate surface area is 83.3 Å². The second-order valence-electron chi connectivity index (χ2n) is 2.48. The lowest BCUT2D eigenvalue weighted by Crippen LogP contribution is -1.76. The van der Waals surface area contributed by atoms with Crippen molar-refractivity contribution in [2.45, 2.75) is 0 Å². The van der Waals surface area contributed by atoms with Crippen LogP contribution >= 0.6 is 22.6 Å². The van der Waals surface area contributed by atoms with Crippen LogP contribution in [0.5, 0.6) is 0 Å². The number of halogens is 1. The molecular weight excluding hydrogens is 263 g/mol. The fourth-order valence-electron chi connectivity index (χ4n) is 1.21. The van der Waals surface area contributed by atoms with E-state index in [1.54, 1.807) is 0 Å². The highest BCUT2D eigenvalue weighted by molar-refractivity contribution is 14.1. The van der Waals surface area contributed by atoms with E-state index in [0.717, 1.165) is 14.5 Å². The van der Waals surface area contributed by atoms with Crippen LogP contribution in [-0.4, -0.2) is 4.98 Å². The lowest BCUT2D eigenvalue weighted by molar-refractivity contribution is 1.44. The van der Waals surface area contributed by atoms with Crippen molar-refractivity contribution in [1.82, 2.24) is 4.98 Å². The SMILES string of the molecule is N#Cc1cccc2c(I)c[nH]c12. The summed E-state index contributed by atoms with van der Waals surface area (Å²) in [6, 6.07) is 7.87. The van der Waals surface area contributed by atoms with Crippen LogP contribution in [0, 0.1) is 14.9 Å². The molecular formula is C9H5IN2. The van der Waals surface area contributed by atoms with E-state index in [2.05, 4.69) is 33.6 Å². The quantitative estimate of drug-likeness (QED) is 0.733. The molecule has 58 valence electrons. The Hall–Kier alpha value is -1.02. The van der Waals surface area contributed by atoms with Crippen LogP contribution in [0.25, 0.3) is 10.9 Å². The number of H-pyrrole nitrogens is 1. The van der Waals surface area contributed by atoms with Crippen molar-refractivity contribution in [3.63, 3.8) is 0 Å². The van der Waals surface area contributed by atoms with Crippen molar-refractivity contribution in [2.24, 2.45) is 0 Å². The third kappa shape index (κ3) is 0.994. The third-order valence-corrected chi connectivity index (χ3v) is 2.68. The Kier molecular flexibility index (Phi) is 1.77. The van der Waals surface area contributed by atoms with Gasteiger partial charge in [0.25, 0.3) is 0 Å². The van der Waals surface area contributed by atoms with Gasteiger partial charge in [0.15, 0.2) is 0 Å². The van der Waals surface area contributed by atoms with Crippen LogP contribution in [0.2, 0.25) is 0 Å². The number of nitrogens with zero attached hydrogens (tertiary/aromatic N) is 1. The number of nitriles is 1. The summed E-state index contributed by atoms with van der Waals surface area (Å²) in [5, 5.41) is 9.89. The molecule has 2 aromatic rings. The number of para-hydroxylation sites is 1. The van der Waals surface area contributed by atoms with Crippen molar-refractivity contribution in [3.05, 3.63) is 33.5 Å². The summed E-state index contributed by atoms with van der Waals surface area (Å²) in [5.41, 5.74) is 1.64. The average Bonchev–Trinajstić information content (AvgIpc) is 2.48. The molecule has 3 heteroatoms. The number of hydrogen-bond acceptors (Lipinski definition) is 1. The molecule has 12 heavy (non-hydrogen) atoms. The molecule has 1 aromatic carbocycles. The van der Waals surface area contributed by atoms with Crippen LogP contribution in [0.15, 0.2) is 24.4 Å². The first kappa shape index (κ1) is 7.62. The summed E-state index contributed by atoms with van der Waals surface area (Å²) >= 11 is 2.25. The molecule has 2 rings (SSSR count). The van der Waals surface area contributed by atoms with E-state index in [4.69, 9.17) is 5.26 Å². The van der Waals surface area contributed by atoms with E-state index in [-0.39, 0.29) is 0 Å². The van der Waals surface area contributed by atoms with Crippen LogP contribution in [0.3, 0.4) is 0 Å². The predicted octanol–water partition coefficient (Wildman–Crippen LogP) is 2.64. The average molecular weight is 268 g/mol. The van der Waals surface area contributed by atoms with Crippen molar-refractivity contribution < 1.29 is 0 Å². The molecule has 0 aliphatic heterocycles. The minimum absolute atomic E-state index is 0.704. The zero-order chi connectivity index (χ0) is 8.55. The van der Waals surface area contributed by atoms with E-state index in [1.165, 1.54) is 0 Å². The molecule has 0 saturated carbocycles. The molecule has 0 fully saturated rings. The van der Waals surface area contributed by atoms with Gasteiger partial charge in [0.1, 0.15) is 6.07 Å². The fourth-order valence-corrected chi connectivity index (χ4v) is 1.82. The summed E-state index contributed by atoms with van der Waals surface area (Å²) in [6.45, 7) is 0. The van der Waals surface area contributed by atoms with Gasteiger partial charge in [-0.25, -0.2) is 0 Å². The van der Waals surface area contributed by atoms with Gasteiger partial charge in [-0.2, -0.15) is 5.26 Å². The van der Waals surface area contributed by atoms with Gasteiger partial charge in [0.2, 0.25) is 0 Å². The predicted molar refractivity (Wildman–Crippen MR) is 55.7 cm³/mol. The Morgan fingerprint density at radius 3 is 3.00 bits per heavy atom. The molecule has 0 radical (unpaired) electrons. The first-order valence-corrected chi connectivity index (χ1v) is 4.56. The maximum absolute atomic E-state index is 8.77. The van der Waals surface area contributed by atoms with Gasteiger partial charge >= 0.3 is 0 Å². The van der Waals surface area contributed by atoms with Crippen molar-refractivity contribution >= 4 is 33.5 Å². The lowest BCUT2D eigenvalue weighted by Gasteiger charge is -1.91. The molecule has 0 aliphatic rings. The molecule has 0 amide bonds. The summed E-state index contributed by atoms with van der Waals surface area (Å²) in [4.78, 5) is 3.08. The summed E-state index contributed by atoms with van der Waals surface area (Å²) < 4.78 is 1.15. The minimum atomic E-state index is 0.704. The van der Waals surface area contributed by atoms with Crippen molar-refractivity contribution in [1.29, 1.82) is 5.26 Å². The zero-order valence-electron chi connectivity index (χ0n) is 6.13. The minimum Gasteiger partial charge on any atom is -0.359 e. The molecule has 1 aromatic heterocycles. The number of benzene rings is 1. The van der Waals surface area contributed by atoms with E-state index in [9.17, 15) is 0 Å². The van der Waals surface area contributed by atoms with E-state index >= 15 is 0 Å². The Morgan fingerprint density at radius 1 is 1.42 bits per heavy atom. The van der Waals surface area contributed by atoms with Gasteiger partial charge in [0.05, 0.1) is 11.1 Å². The standard InChI is InChI=1S/C9H5IN2/c10-8-5-12-9-6(4-11)2-1-3-7(8)9/h1-3,5,12H. The maximum Gasteiger partial charge on any atom is 0.101 e. The van der Waals surface area contributed by atoms with Gasteiger partial charge < -0.3 is 4.98 Å². The first-order chi connectivity index (χ1) is 5.83. The largest absolute Gasteiger partial charge is 0.359 e. The molecule has 0 unspecified atom stereocenters. The highest BCUT2D eigenvalue weighted by Crippen LogP contribution is 2.22. The molecule has 2 nitrogen and oxygen atoms in total. The number of aromatic nitrogens is 1. The monoisotopic (exact) mass is 268 g/mol. The van der Waals surface area contributed by atoms with E-state index in [1.807, 2.05) is 24.4 Å². The molecule has 1 N–H and O–H groups in total. The van der Waals surface area contributed by atoms with Crippen LogP contribution in [0.1, 0.15) is 5.56 Å². The molecule has 1 heterocycles. The molecule has 0 aliphatic carbocycles. The molecule has 0 saturated heterocycles. The number of rotatable bonds is 0.